The molecule has 2 amide bonds. The molecule has 0 aromatic rings. The van der Waals surface area contributed by atoms with Crippen LogP contribution in [0.15, 0.2) is 11.6 Å². The number of epoxide rings is 2. The first-order valence-corrected chi connectivity index (χ1v) is 11.7. The van der Waals surface area contributed by atoms with E-state index in [9.17, 15) is 9.59 Å². The molecule has 3 rings (SSSR count). The zero-order valence-corrected chi connectivity index (χ0v) is 20.7. The number of amides is 2. The van der Waals surface area contributed by atoms with E-state index >= 15 is 0 Å². The molecule has 0 radical (unpaired) electrons. The number of hydrogen-bond donors (Lipinski definition) is 0. The van der Waals surface area contributed by atoms with Crippen molar-refractivity contribution in [2.24, 2.45) is 5.92 Å². The molecule has 32 heavy (non-hydrogen) atoms. The number of hydrogen-bond acceptors (Lipinski definition) is 6. The normalized spacial score (nSPS) is 35.2. The topological polar surface area (TPSA) is 84.1 Å². The van der Waals surface area contributed by atoms with Gasteiger partial charge in [0.1, 0.15) is 23.4 Å². The van der Waals surface area contributed by atoms with Crippen LogP contribution in [0.1, 0.15) is 53.4 Å². The van der Waals surface area contributed by atoms with Crippen LogP contribution in [0.4, 0.5) is 4.79 Å². The van der Waals surface area contributed by atoms with Gasteiger partial charge in [-0.15, -0.1) is 0 Å². The molecule has 2 heterocycles. The lowest BCUT2D eigenvalue weighted by molar-refractivity contribution is -0.130. The molecule has 1 aliphatic carbocycles. The summed E-state index contributed by atoms with van der Waals surface area (Å²) in [5.41, 5.74) is 0.671. The zero-order chi connectivity index (χ0) is 23.7. The fraction of sp³-hybridized carbons (Fsp3) is 0.833. The SMILES string of the molecule is CCC(=O)N(C)CCN(C)C(=O)OC1CC[C@]2(CO2)C([C@@]2(C)O[C@@H]2CC=C(C)C)C1OC. The molecule has 8 heteroatoms. The number of ether oxygens (including phenoxy) is 4. The van der Waals surface area contributed by atoms with Gasteiger partial charge in [0.15, 0.2) is 0 Å². The van der Waals surface area contributed by atoms with Crippen LogP contribution >= 0.6 is 0 Å². The number of carbonyl (C=O) groups excluding carboxylic acids is 2. The Morgan fingerprint density at radius 3 is 2.41 bits per heavy atom. The zero-order valence-electron chi connectivity index (χ0n) is 20.7. The van der Waals surface area contributed by atoms with Crippen molar-refractivity contribution in [2.45, 2.75) is 82.9 Å². The van der Waals surface area contributed by atoms with E-state index in [1.165, 1.54) is 10.5 Å². The van der Waals surface area contributed by atoms with Crippen LogP contribution in [0.2, 0.25) is 0 Å². The largest absolute Gasteiger partial charge is 0.443 e. The summed E-state index contributed by atoms with van der Waals surface area (Å²) in [5, 5.41) is 0. The minimum absolute atomic E-state index is 0.000674. The first-order chi connectivity index (χ1) is 15.1. The Labute approximate surface area is 192 Å². The van der Waals surface area contributed by atoms with E-state index in [0.717, 1.165) is 12.8 Å². The highest BCUT2D eigenvalue weighted by atomic mass is 16.6. The van der Waals surface area contributed by atoms with Gasteiger partial charge in [0.05, 0.1) is 18.6 Å². The molecule has 3 unspecified atom stereocenters. The van der Waals surface area contributed by atoms with Gasteiger partial charge in [-0.05, 0) is 40.0 Å². The molecule has 8 nitrogen and oxygen atoms in total. The van der Waals surface area contributed by atoms with Gasteiger partial charge < -0.3 is 28.7 Å². The lowest BCUT2D eigenvalue weighted by Crippen LogP contribution is -2.56. The summed E-state index contributed by atoms with van der Waals surface area (Å²) in [5.74, 6) is 0.0529. The van der Waals surface area contributed by atoms with Gasteiger partial charge in [0, 0.05) is 40.7 Å². The van der Waals surface area contributed by atoms with Crippen LogP contribution in [0.3, 0.4) is 0 Å². The number of allylic oxidation sites excluding steroid dienone is 1. The molecule has 3 fully saturated rings. The molecule has 6 atom stereocenters. The molecule has 0 N–H and O–H groups in total. The minimum atomic E-state index is -0.399. The smallest absolute Gasteiger partial charge is 0.409 e. The molecule has 0 aromatic carbocycles. The maximum atomic E-state index is 12.8. The molecule has 0 aromatic heterocycles. The Morgan fingerprint density at radius 2 is 1.84 bits per heavy atom. The van der Waals surface area contributed by atoms with E-state index in [1.54, 1.807) is 26.1 Å². The van der Waals surface area contributed by atoms with Crippen LogP contribution in [0.5, 0.6) is 0 Å². The number of methoxy groups -OCH3 is 1. The first kappa shape index (κ1) is 25.0. The molecular formula is C24H40N2O6. The van der Waals surface area contributed by atoms with Crippen LogP contribution in [0, 0.1) is 5.92 Å². The molecule has 0 bridgehead atoms. The second-order valence-corrected chi connectivity index (χ2v) is 9.89. The van der Waals surface area contributed by atoms with E-state index in [-0.39, 0.29) is 41.3 Å². The summed E-state index contributed by atoms with van der Waals surface area (Å²) in [6, 6.07) is 0. The molecule has 1 saturated carbocycles. The van der Waals surface area contributed by atoms with Gasteiger partial charge >= 0.3 is 6.09 Å². The minimum Gasteiger partial charge on any atom is -0.443 e. The van der Waals surface area contributed by atoms with Gasteiger partial charge in [-0.1, -0.05) is 18.6 Å². The summed E-state index contributed by atoms with van der Waals surface area (Å²) < 4.78 is 24.0. The highest BCUT2D eigenvalue weighted by Crippen LogP contribution is 2.59. The first-order valence-electron chi connectivity index (χ1n) is 11.7. The lowest BCUT2D eigenvalue weighted by Gasteiger charge is -2.43. The van der Waals surface area contributed by atoms with Crippen LogP contribution < -0.4 is 0 Å². The van der Waals surface area contributed by atoms with Crippen molar-refractivity contribution >= 4 is 12.0 Å². The third kappa shape index (κ3) is 5.13. The van der Waals surface area contributed by atoms with E-state index < -0.39 is 6.09 Å². The third-order valence-corrected chi connectivity index (χ3v) is 7.30. The standard InChI is InChI=1S/C24H40N2O6/c1-8-19(27)25(5)13-14-26(6)22(28)31-17-11-12-24(15-30-24)21(20(17)29-7)23(4)18(32-23)10-9-16(2)3/h9,17-18,20-21H,8,10-15H2,1-7H3/t17?,18-,20?,21?,23+,24+/m1/s1. The summed E-state index contributed by atoms with van der Waals surface area (Å²) in [7, 11) is 5.11. The van der Waals surface area contributed by atoms with E-state index in [0.29, 0.717) is 32.5 Å². The quantitative estimate of drug-likeness (QED) is 0.395. The van der Waals surface area contributed by atoms with Gasteiger partial charge in [-0.3, -0.25) is 4.79 Å². The van der Waals surface area contributed by atoms with E-state index in [1.807, 2.05) is 6.92 Å². The number of carbonyl (C=O) groups is 2. The van der Waals surface area contributed by atoms with Gasteiger partial charge in [-0.25, -0.2) is 4.79 Å². The maximum absolute atomic E-state index is 12.8. The summed E-state index contributed by atoms with van der Waals surface area (Å²) in [6.45, 7) is 9.71. The van der Waals surface area contributed by atoms with Gasteiger partial charge in [0.2, 0.25) is 5.91 Å². The van der Waals surface area contributed by atoms with Crippen molar-refractivity contribution in [3.63, 3.8) is 0 Å². The van der Waals surface area contributed by atoms with Crippen LogP contribution in [-0.4, -0.2) is 92.2 Å². The Hall–Kier alpha value is -1.64. The van der Waals surface area contributed by atoms with Crippen LogP contribution in [-0.2, 0) is 23.7 Å². The number of rotatable bonds is 9. The highest BCUT2D eigenvalue weighted by Gasteiger charge is 2.72. The molecule has 3 aliphatic rings. The fourth-order valence-corrected chi connectivity index (χ4v) is 5.08. The molecule has 2 aliphatic heterocycles. The predicted molar refractivity (Wildman–Crippen MR) is 120 cm³/mol. The van der Waals surface area contributed by atoms with Crippen molar-refractivity contribution in [3.05, 3.63) is 11.6 Å². The third-order valence-electron chi connectivity index (χ3n) is 7.30. The van der Waals surface area contributed by atoms with Crippen molar-refractivity contribution in [3.8, 4) is 0 Å². The summed E-state index contributed by atoms with van der Waals surface area (Å²) in [4.78, 5) is 27.7. The Bertz CT molecular complexity index is 732. The lowest BCUT2D eigenvalue weighted by atomic mass is 9.68. The van der Waals surface area contributed by atoms with E-state index in [2.05, 4.69) is 26.8 Å². The molecule has 2 saturated heterocycles. The highest BCUT2D eigenvalue weighted by molar-refractivity contribution is 5.75. The molecule has 1 spiro atoms. The Balaban J connectivity index is 1.63. The Morgan fingerprint density at radius 1 is 1.19 bits per heavy atom. The van der Waals surface area contributed by atoms with E-state index in [4.69, 9.17) is 18.9 Å². The average molecular weight is 453 g/mol. The fourth-order valence-electron chi connectivity index (χ4n) is 5.08. The number of likely N-dealkylation sites (N-methyl/N-ethyl adjacent to an activating group) is 2. The molecular weight excluding hydrogens is 412 g/mol. The van der Waals surface area contributed by atoms with Crippen molar-refractivity contribution < 1.29 is 28.5 Å². The van der Waals surface area contributed by atoms with Crippen LogP contribution in [0.25, 0.3) is 0 Å². The predicted octanol–water partition coefficient (Wildman–Crippen LogP) is 3.00. The van der Waals surface area contributed by atoms with Crippen molar-refractivity contribution in [1.29, 1.82) is 0 Å². The monoisotopic (exact) mass is 452 g/mol. The number of nitrogens with zero attached hydrogens (tertiary/aromatic N) is 2. The average Bonchev–Trinajstić information content (AvgIpc) is 3.67. The van der Waals surface area contributed by atoms with Gasteiger partial charge in [-0.2, -0.15) is 0 Å². The van der Waals surface area contributed by atoms with Crippen molar-refractivity contribution in [2.75, 3.05) is 40.9 Å². The van der Waals surface area contributed by atoms with Gasteiger partial charge in [0.25, 0.3) is 0 Å². The van der Waals surface area contributed by atoms with Crippen molar-refractivity contribution in [1.82, 2.24) is 9.80 Å². The Kier molecular flexibility index (Phi) is 7.57. The maximum Gasteiger partial charge on any atom is 0.409 e. The second kappa shape index (κ2) is 9.69. The second-order valence-electron chi connectivity index (χ2n) is 9.89. The molecule has 182 valence electrons. The summed E-state index contributed by atoms with van der Waals surface area (Å²) >= 11 is 0. The summed E-state index contributed by atoms with van der Waals surface area (Å²) in [6.07, 6.45) is 4.08.